The minimum atomic E-state index is -0.342. The Kier molecular flexibility index (Phi) is 4.13. The third-order valence-corrected chi connectivity index (χ3v) is 2.62. The van der Waals surface area contributed by atoms with Gasteiger partial charge in [-0.05, 0) is 30.7 Å². The fraction of sp³-hybridized carbons (Fsp3) is 0.200. The van der Waals surface area contributed by atoms with Crippen molar-refractivity contribution in [3.63, 3.8) is 0 Å². The Bertz CT molecular complexity index is 620. The van der Waals surface area contributed by atoms with Crippen LogP contribution >= 0.6 is 0 Å². The van der Waals surface area contributed by atoms with Crippen LogP contribution in [0.5, 0.6) is 5.75 Å². The van der Waals surface area contributed by atoms with E-state index in [1.54, 1.807) is 26.3 Å². The summed E-state index contributed by atoms with van der Waals surface area (Å²) < 4.78 is 9.94. The maximum atomic E-state index is 11.2. The molecule has 0 saturated carbocycles. The summed E-state index contributed by atoms with van der Waals surface area (Å²) in [5.74, 6) is 0.382. The van der Waals surface area contributed by atoms with E-state index in [-0.39, 0.29) is 5.97 Å². The van der Waals surface area contributed by atoms with E-state index in [0.717, 1.165) is 22.2 Å². The minimum Gasteiger partial charge on any atom is -0.495 e. The second-order valence-electron chi connectivity index (χ2n) is 3.91. The topological polar surface area (TPSA) is 48.4 Å². The number of aromatic nitrogens is 1. The van der Waals surface area contributed by atoms with Crippen LogP contribution in [0, 0.1) is 0 Å². The molecular weight excluding hydrogens is 242 g/mol. The van der Waals surface area contributed by atoms with Gasteiger partial charge in [-0.1, -0.05) is 12.1 Å². The van der Waals surface area contributed by atoms with Gasteiger partial charge in [0, 0.05) is 11.5 Å². The van der Waals surface area contributed by atoms with E-state index >= 15 is 0 Å². The fourth-order valence-electron chi connectivity index (χ4n) is 1.69. The van der Waals surface area contributed by atoms with Crippen molar-refractivity contribution in [2.75, 3.05) is 13.7 Å². The number of esters is 1. The van der Waals surface area contributed by atoms with Crippen LogP contribution in [0.25, 0.3) is 17.0 Å². The molecule has 0 spiro atoms. The number of methoxy groups -OCH3 is 1. The van der Waals surface area contributed by atoms with Crippen molar-refractivity contribution in [3.8, 4) is 5.75 Å². The van der Waals surface area contributed by atoms with Gasteiger partial charge in [0.2, 0.25) is 0 Å². The van der Waals surface area contributed by atoms with Gasteiger partial charge in [-0.15, -0.1) is 0 Å². The summed E-state index contributed by atoms with van der Waals surface area (Å²) in [5.41, 5.74) is 1.75. The Morgan fingerprint density at radius 2 is 2.21 bits per heavy atom. The molecule has 0 aliphatic heterocycles. The highest BCUT2D eigenvalue weighted by Crippen LogP contribution is 2.19. The third-order valence-electron chi connectivity index (χ3n) is 2.62. The predicted molar refractivity (Wildman–Crippen MR) is 74.0 cm³/mol. The van der Waals surface area contributed by atoms with E-state index in [4.69, 9.17) is 9.47 Å². The molecule has 4 heteroatoms. The molecule has 2 aromatic rings. The SMILES string of the molecule is CCOC(=O)/C=C/c1ccc2cc(OC)cnc2c1. The summed E-state index contributed by atoms with van der Waals surface area (Å²) in [6.07, 6.45) is 4.79. The molecule has 0 N–H and O–H groups in total. The summed E-state index contributed by atoms with van der Waals surface area (Å²) in [6.45, 7) is 2.15. The van der Waals surface area contributed by atoms with Crippen LogP contribution in [0.1, 0.15) is 12.5 Å². The first kappa shape index (κ1) is 13.1. The van der Waals surface area contributed by atoms with Crippen LogP contribution in [-0.4, -0.2) is 24.7 Å². The van der Waals surface area contributed by atoms with Gasteiger partial charge in [-0.25, -0.2) is 4.79 Å². The number of carbonyl (C=O) groups is 1. The maximum absolute atomic E-state index is 11.2. The quantitative estimate of drug-likeness (QED) is 0.624. The van der Waals surface area contributed by atoms with Crippen molar-refractivity contribution in [1.82, 2.24) is 4.98 Å². The summed E-state index contributed by atoms with van der Waals surface area (Å²) >= 11 is 0. The first-order valence-corrected chi connectivity index (χ1v) is 6.01. The Morgan fingerprint density at radius 1 is 1.37 bits per heavy atom. The van der Waals surface area contributed by atoms with Gasteiger partial charge < -0.3 is 9.47 Å². The Morgan fingerprint density at radius 3 is 2.95 bits per heavy atom. The van der Waals surface area contributed by atoms with Crippen molar-refractivity contribution in [3.05, 3.63) is 42.1 Å². The average Bonchev–Trinajstić information content (AvgIpc) is 2.44. The van der Waals surface area contributed by atoms with E-state index in [1.165, 1.54) is 6.08 Å². The number of rotatable bonds is 4. The highest BCUT2D eigenvalue weighted by atomic mass is 16.5. The monoisotopic (exact) mass is 257 g/mol. The minimum absolute atomic E-state index is 0.342. The number of pyridine rings is 1. The van der Waals surface area contributed by atoms with E-state index in [9.17, 15) is 4.79 Å². The summed E-state index contributed by atoms with van der Waals surface area (Å²) in [4.78, 5) is 15.5. The Hall–Kier alpha value is -2.36. The van der Waals surface area contributed by atoms with E-state index < -0.39 is 0 Å². The van der Waals surface area contributed by atoms with Crippen LogP contribution < -0.4 is 4.74 Å². The van der Waals surface area contributed by atoms with Crippen LogP contribution in [0.2, 0.25) is 0 Å². The number of benzene rings is 1. The lowest BCUT2D eigenvalue weighted by Crippen LogP contribution is -1.98. The molecule has 0 atom stereocenters. The molecule has 0 amide bonds. The smallest absolute Gasteiger partial charge is 0.330 e. The molecule has 1 heterocycles. The number of ether oxygens (including phenoxy) is 2. The Balaban J connectivity index is 2.24. The number of carbonyl (C=O) groups excluding carboxylic acids is 1. The van der Waals surface area contributed by atoms with Crippen LogP contribution in [0.15, 0.2) is 36.5 Å². The van der Waals surface area contributed by atoms with Gasteiger partial charge in [-0.3, -0.25) is 4.98 Å². The largest absolute Gasteiger partial charge is 0.495 e. The number of fused-ring (bicyclic) bond motifs is 1. The second kappa shape index (κ2) is 6.00. The lowest BCUT2D eigenvalue weighted by Gasteiger charge is -2.02. The molecule has 0 bridgehead atoms. The molecule has 0 unspecified atom stereocenters. The molecule has 0 saturated heterocycles. The van der Waals surface area contributed by atoms with Crippen LogP contribution in [0.3, 0.4) is 0 Å². The molecule has 1 aromatic carbocycles. The lowest BCUT2D eigenvalue weighted by atomic mass is 10.1. The Labute approximate surface area is 111 Å². The zero-order valence-corrected chi connectivity index (χ0v) is 10.9. The predicted octanol–water partition coefficient (Wildman–Crippen LogP) is 2.82. The van der Waals surface area contributed by atoms with E-state index in [0.29, 0.717) is 6.61 Å². The number of hydrogen-bond acceptors (Lipinski definition) is 4. The van der Waals surface area contributed by atoms with Crippen LogP contribution in [0.4, 0.5) is 0 Å². The number of hydrogen-bond donors (Lipinski definition) is 0. The van der Waals surface area contributed by atoms with Crippen molar-refractivity contribution in [1.29, 1.82) is 0 Å². The van der Waals surface area contributed by atoms with Crippen molar-refractivity contribution in [2.45, 2.75) is 6.92 Å². The zero-order valence-electron chi connectivity index (χ0n) is 10.9. The van der Waals surface area contributed by atoms with Crippen LogP contribution in [-0.2, 0) is 9.53 Å². The third kappa shape index (κ3) is 3.31. The van der Waals surface area contributed by atoms with Gasteiger partial charge in [0.15, 0.2) is 0 Å². The van der Waals surface area contributed by atoms with Gasteiger partial charge in [0.05, 0.1) is 25.4 Å². The number of nitrogens with zero attached hydrogens (tertiary/aromatic N) is 1. The fourth-order valence-corrected chi connectivity index (χ4v) is 1.69. The second-order valence-corrected chi connectivity index (χ2v) is 3.91. The van der Waals surface area contributed by atoms with E-state index in [1.807, 2.05) is 24.3 Å². The van der Waals surface area contributed by atoms with E-state index in [2.05, 4.69) is 4.98 Å². The van der Waals surface area contributed by atoms with Gasteiger partial charge >= 0.3 is 5.97 Å². The molecule has 0 fully saturated rings. The van der Waals surface area contributed by atoms with Crippen molar-refractivity contribution < 1.29 is 14.3 Å². The molecular formula is C15H15NO3. The molecule has 1 aromatic heterocycles. The zero-order chi connectivity index (χ0) is 13.7. The first-order chi connectivity index (χ1) is 9.22. The highest BCUT2D eigenvalue weighted by Gasteiger charge is 1.99. The molecule has 0 radical (unpaired) electrons. The van der Waals surface area contributed by atoms with Gasteiger partial charge in [0.1, 0.15) is 5.75 Å². The molecule has 4 nitrogen and oxygen atoms in total. The highest BCUT2D eigenvalue weighted by molar-refractivity contribution is 5.88. The van der Waals surface area contributed by atoms with Gasteiger partial charge in [-0.2, -0.15) is 0 Å². The molecule has 0 aliphatic carbocycles. The van der Waals surface area contributed by atoms with Crippen molar-refractivity contribution in [2.24, 2.45) is 0 Å². The standard InChI is InChI=1S/C15H15NO3/c1-3-19-15(17)7-5-11-4-6-12-9-13(18-2)10-16-14(12)8-11/h4-10H,3H2,1-2H3/b7-5+. The average molecular weight is 257 g/mol. The summed E-state index contributed by atoms with van der Waals surface area (Å²) in [5, 5.41) is 0.993. The lowest BCUT2D eigenvalue weighted by molar-refractivity contribution is -0.137. The first-order valence-electron chi connectivity index (χ1n) is 6.01. The molecule has 19 heavy (non-hydrogen) atoms. The molecule has 98 valence electrons. The maximum Gasteiger partial charge on any atom is 0.330 e. The van der Waals surface area contributed by atoms with Gasteiger partial charge in [0.25, 0.3) is 0 Å². The summed E-state index contributed by atoms with van der Waals surface area (Å²) in [6, 6.07) is 7.68. The molecule has 2 rings (SSSR count). The molecule has 0 aliphatic rings. The van der Waals surface area contributed by atoms with Crippen molar-refractivity contribution >= 4 is 22.9 Å². The summed E-state index contributed by atoms with van der Waals surface area (Å²) in [7, 11) is 1.61. The normalized spacial score (nSPS) is 10.8.